The molecule has 0 spiro atoms. The SMILES string of the molecule is CCC(Br)C(=O)N1CCC(C)C1C. The molecule has 1 aliphatic rings. The summed E-state index contributed by atoms with van der Waals surface area (Å²) < 4.78 is 0. The molecule has 3 heteroatoms. The van der Waals surface area contributed by atoms with Crippen LogP contribution in [0.1, 0.15) is 33.6 Å². The van der Waals surface area contributed by atoms with E-state index in [1.165, 1.54) is 0 Å². The van der Waals surface area contributed by atoms with E-state index >= 15 is 0 Å². The molecule has 0 radical (unpaired) electrons. The smallest absolute Gasteiger partial charge is 0.236 e. The molecular formula is C10H18BrNO. The van der Waals surface area contributed by atoms with Crippen molar-refractivity contribution >= 4 is 21.8 Å². The average Bonchev–Trinajstić information content (AvgIpc) is 2.45. The Bertz CT molecular complexity index is 195. The zero-order chi connectivity index (χ0) is 10.0. The lowest BCUT2D eigenvalue weighted by Crippen LogP contribution is -2.39. The van der Waals surface area contributed by atoms with Crippen molar-refractivity contribution in [1.82, 2.24) is 4.90 Å². The van der Waals surface area contributed by atoms with E-state index in [9.17, 15) is 4.79 Å². The molecule has 2 nitrogen and oxygen atoms in total. The molecule has 1 heterocycles. The molecule has 76 valence electrons. The molecule has 0 aromatic heterocycles. The number of carbonyl (C=O) groups excluding carboxylic acids is 1. The van der Waals surface area contributed by atoms with Crippen molar-refractivity contribution in [3.63, 3.8) is 0 Å². The van der Waals surface area contributed by atoms with Crippen LogP contribution in [0, 0.1) is 5.92 Å². The third-order valence-electron chi connectivity index (χ3n) is 3.05. The molecule has 0 bridgehead atoms. The number of rotatable bonds is 2. The van der Waals surface area contributed by atoms with Crippen LogP contribution in [0.3, 0.4) is 0 Å². The molecule has 0 N–H and O–H groups in total. The van der Waals surface area contributed by atoms with E-state index in [0.717, 1.165) is 19.4 Å². The Hall–Kier alpha value is -0.0500. The van der Waals surface area contributed by atoms with Gasteiger partial charge in [0.1, 0.15) is 0 Å². The third kappa shape index (κ3) is 2.25. The fourth-order valence-electron chi connectivity index (χ4n) is 1.76. The van der Waals surface area contributed by atoms with Gasteiger partial charge in [0.15, 0.2) is 0 Å². The summed E-state index contributed by atoms with van der Waals surface area (Å²) in [6, 6.07) is 0.416. The number of alkyl halides is 1. The maximum Gasteiger partial charge on any atom is 0.236 e. The Kier molecular flexibility index (Phi) is 3.77. The molecule has 0 aliphatic carbocycles. The summed E-state index contributed by atoms with van der Waals surface area (Å²) in [6.45, 7) is 7.32. The second-order valence-corrected chi connectivity index (χ2v) is 5.02. The van der Waals surface area contributed by atoms with Crippen molar-refractivity contribution in [1.29, 1.82) is 0 Å². The first kappa shape index (κ1) is 11.0. The minimum Gasteiger partial charge on any atom is -0.339 e. The van der Waals surface area contributed by atoms with Gasteiger partial charge in [-0.25, -0.2) is 0 Å². The summed E-state index contributed by atoms with van der Waals surface area (Å²) in [4.78, 5) is 13.8. The standard InChI is InChI=1S/C10H18BrNO/c1-4-9(11)10(13)12-6-5-7(2)8(12)3/h7-9H,4-6H2,1-3H3. The second kappa shape index (κ2) is 4.45. The van der Waals surface area contributed by atoms with E-state index in [0.29, 0.717) is 12.0 Å². The van der Waals surface area contributed by atoms with Crippen LogP contribution in [0.25, 0.3) is 0 Å². The largest absolute Gasteiger partial charge is 0.339 e. The minimum atomic E-state index is 0.0141. The molecule has 1 fully saturated rings. The molecule has 0 aromatic rings. The van der Waals surface area contributed by atoms with Crippen LogP contribution < -0.4 is 0 Å². The van der Waals surface area contributed by atoms with Gasteiger partial charge in [0, 0.05) is 12.6 Å². The highest BCUT2D eigenvalue weighted by atomic mass is 79.9. The molecule has 0 saturated carbocycles. The Morgan fingerprint density at radius 1 is 1.62 bits per heavy atom. The van der Waals surface area contributed by atoms with Gasteiger partial charge in [-0.3, -0.25) is 4.79 Å². The lowest BCUT2D eigenvalue weighted by molar-refractivity contribution is -0.131. The fraction of sp³-hybridized carbons (Fsp3) is 0.900. The Balaban J connectivity index is 2.58. The predicted molar refractivity (Wildman–Crippen MR) is 58.0 cm³/mol. The van der Waals surface area contributed by atoms with E-state index in [1.54, 1.807) is 0 Å². The van der Waals surface area contributed by atoms with Gasteiger partial charge < -0.3 is 4.90 Å². The minimum absolute atomic E-state index is 0.0141. The first-order valence-electron chi connectivity index (χ1n) is 5.02. The molecule has 1 saturated heterocycles. The van der Waals surface area contributed by atoms with E-state index in [-0.39, 0.29) is 10.7 Å². The van der Waals surface area contributed by atoms with Gasteiger partial charge in [-0.05, 0) is 25.7 Å². The molecule has 1 amide bonds. The summed E-state index contributed by atoms with van der Waals surface area (Å²) in [5, 5.41) is 0. The molecule has 13 heavy (non-hydrogen) atoms. The highest BCUT2D eigenvalue weighted by molar-refractivity contribution is 9.10. The fourth-order valence-corrected chi connectivity index (χ4v) is 2.02. The van der Waals surface area contributed by atoms with Gasteiger partial charge in [0.2, 0.25) is 5.91 Å². The van der Waals surface area contributed by atoms with Crippen LogP contribution in [0.2, 0.25) is 0 Å². The molecule has 3 atom stereocenters. The normalized spacial score (nSPS) is 30.6. The third-order valence-corrected chi connectivity index (χ3v) is 4.09. The van der Waals surface area contributed by atoms with Gasteiger partial charge in [0.05, 0.1) is 4.83 Å². The molecule has 3 unspecified atom stereocenters. The van der Waals surface area contributed by atoms with Gasteiger partial charge in [0.25, 0.3) is 0 Å². The predicted octanol–water partition coefficient (Wildman–Crippen LogP) is 2.42. The number of carbonyl (C=O) groups is 1. The number of amides is 1. The number of hydrogen-bond donors (Lipinski definition) is 0. The zero-order valence-corrected chi connectivity index (χ0v) is 10.2. The summed E-state index contributed by atoms with van der Waals surface area (Å²) in [6.07, 6.45) is 2.02. The summed E-state index contributed by atoms with van der Waals surface area (Å²) >= 11 is 3.41. The van der Waals surface area contributed by atoms with Crippen molar-refractivity contribution in [3.05, 3.63) is 0 Å². The van der Waals surface area contributed by atoms with Crippen LogP contribution in [-0.2, 0) is 4.79 Å². The van der Waals surface area contributed by atoms with Crippen molar-refractivity contribution in [3.8, 4) is 0 Å². The Labute approximate surface area is 88.8 Å². The van der Waals surface area contributed by atoms with E-state index in [4.69, 9.17) is 0 Å². The van der Waals surface area contributed by atoms with Gasteiger partial charge in [-0.2, -0.15) is 0 Å². The Morgan fingerprint density at radius 3 is 2.62 bits per heavy atom. The molecule has 1 rings (SSSR count). The molecule has 1 aliphatic heterocycles. The summed E-state index contributed by atoms with van der Waals surface area (Å²) in [5.74, 6) is 0.917. The van der Waals surface area contributed by atoms with Crippen LogP contribution in [0.15, 0.2) is 0 Å². The van der Waals surface area contributed by atoms with E-state index in [2.05, 4.69) is 29.8 Å². The van der Waals surface area contributed by atoms with Crippen molar-refractivity contribution in [2.75, 3.05) is 6.54 Å². The Morgan fingerprint density at radius 2 is 2.23 bits per heavy atom. The van der Waals surface area contributed by atoms with Gasteiger partial charge >= 0.3 is 0 Å². The number of hydrogen-bond acceptors (Lipinski definition) is 1. The number of nitrogens with zero attached hydrogens (tertiary/aromatic N) is 1. The van der Waals surface area contributed by atoms with Crippen LogP contribution in [0.4, 0.5) is 0 Å². The van der Waals surface area contributed by atoms with Crippen molar-refractivity contribution in [2.45, 2.75) is 44.5 Å². The van der Waals surface area contributed by atoms with Crippen LogP contribution in [0.5, 0.6) is 0 Å². The lowest BCUT2D eigenvalue weighted by atomic mass is 10.1. The van der Waals surface area contributed by atoms with Crippen LogP contribution >= 0.6 is 15.9 Å². The topological polar surface area (TPSA) is 20.3 Å². The molecule has 0 aromatic carbocycles. The molecular weight excluding hydrogens is 230 g/mol. The highest BCUT2D eigenvalue weighted by Gasteiger charge is 2.32. The highest BCUT2D eigenvalue weighted by Crippen LogP contribution is 2.25. The van der Waals surface area contributed by atoms with Crippen LogP contribution in [-0.4, -0.2) is 28.2 Å². The lowest BCUT2D eigenvalue weighted by Gasteiger charge is -2.25. The van der Waals surface area contributed by atoms with Gasteiger partial charge in [-0.1, -0.05) is 29.8 Å². The van der Waals surface area contributed by atoms with Gasteiger partial charge in [-0.15, -0.1) is 0 Å². The quantitative estimate of drug-likeness (QED) is 0.687. The maximum absolute atomic E-state index is 11.8. The number of likely N-dealkylation sites (tertiary alicyclic amines) is 1. The first-order valence-corrected chi connectivity index (χ1v) is 5.94. The first-order chi connectivity index (χ1) is 6.07. The summed E-state index contributed by atoms with van der Waals surface area (Å²) in [7, 11) is 0. The van der Waals surface area contributed by atoms with Crippen molar-refractivity contribution < 1.29 is 4.79 Å². The van der Waals surface area contributed by atoms with E-state index < -0.39 is 0 Å². The zero-order valence-electron chi connectivity index (χ0n) is 8.59. The van der Waals surface area contributed by atoms with E-state index in [1.807, 2.05) is 11.8 Å². The summed E-state index contributed by atoms with van der Waals surface area (Å²) in [5.41, 5.74) is 0. The number of halogens is 1. The average molecular weight is 248 g/mol. The maximum atomic E-state index is 11.8. The second-order valence-electron chi connectivity index (χ2n) is 3.91. The monoisotopic (exact) mass is 247 g/mol. The van der Waals surface area contributed by atoms with Crippen molar-refractivity contribution in [2.24, 2.45) is 5.92 Å².